The highest BCUT2D eigenvalue weighted by atomic mass is 35.5. The predicted octanol–water partition coefficient (Wildman–Crippen LogP) is 4.35. The van der Waals surface area contributed by atoms with E-state index in [1.807, 2.05) is 0 Å². The minimum Gasteiger partial charge on any atom is -0.496 e. The van der Waals surface area contributed by atoms with Gasteiger partial charge in [-0.05, 0) is 42.5 Å². The van der Waals surface area contributed by atoms with Gasteiger partial charge in [-0.1, -0.05) is 53.5 Å². The number of methoxy groups -OCH3 is 1. The number of nitrogens with zero attached hydrogens (tertiary/aromatic N) is 2. The van der Waals surface area contributed by atoms with E-state index in [4.69, 9.17) is 27.9 Å². The Morgan fingerprint density at radius 3 is 2.41 bits per heavy atom. The number of halogens is 2. The Morgan fingerprint density at radius 1 is 1.03 bits per heavy atom. The molecule has 0 spiro atoms. The maximum Gasteiger partial charge on any atom is 0.264 e. The molecule has 10 heteroatoms. The first kappa shape index (κ1) is 23.6. The maximum atomic E-state index is 13.3. The van der Waals surface area contributed by atoms with E-state index in [1.165, 1.54) is 43.7 Å². The molecule has 0 fully saturated rings. The summed E-state index contributed by atoms with van der Waals surface area (Å²) in [6, 6.07) is 19.2. The van der Waals surface area contributed by atoms with Crippen LogP contribution >= 0.6 is 23.2 Å². The number of sulfonamides is 1. The molecule has 166 valence electrons. The van der Waals surface area contributed by atoms with Gasteiger partial charge in [0.05, 0.1) is 34.0 Å². The van der Waals surface area contributed by atoms with Gasteiger partial charge in [0.25, 0.3) is 15.9 Å². The summed E-state index contributed by atoms with van der Waals surface area (Å²) in [5, 5.41) is 4.33. The third kappa shape index (κ3) is 5.59. The van der Waals surface area contributed by atoms with Gasteiger partial charge in [0, 0.05) is 5.56 Å². The van der Waals surface area contributed by atoms with Gasteiger partial charge in [0.1, 0.15) is 12.3 Å². The molecular formula is C22H19Cl2N3O4S. The normalized spacial score (nSPS) is 11.3. The zero-order valence-electron chi connectivity index (χ0n) is 16.9. The number of carbonyl (C=O) groups is 1. The summed E-state index contributed by atoms with van der Waals surface area (Å²) in [5.74, 6) is -0.0729. The van der Waals surface area contributed by atoms with Crippen LogP contribution in [-0.4, -0.2) is 34.2 Å². The molecule has 0 atom stereocenters. The fraction of sp³-hybridized carbons (Fsp3) is 0.0909. The van der Waals surface area contributed by atoms with Crippen LogP contribution in [0.5, 0.6) is 5.75 Å². The van der Waals surface area contributed by atoms with E-state index in [9.17, 15) is 13.2 Å². The zero-order valence-corrected chi connectivity index (χ0v) is 19.2. The average Bonchev–Trinajstić information content (AvgIpc) is 2.80. The molecule has 3 rings (SSSR count). The number of rotatable bonds is 8. The van der Waals surface area contributed by atoms with E-state index in [0.717, 1.165) is 4.31 Å². The Bertz CT molecular complexity index is 1230. The first-order valence-corrected chi connectivity index (χ1v) is 11.5. The van der Waals surface area contributed by atoms with Gasteiger partial charge in [-0.3, -0.25) is 9.10 Å². The Kier molecular flexibility index (Phi) is 7.74. The number of carbonyl (C=O) groups excluding carboxylic acids is 1. The van der Waals surface area contributed by atoms with Crippen LogP contribution in [0.2, 0.25) is 10.0 Å². The van der Waals surface area contributed by atoms with Crippen LogP contribution in [0.4, 0.5) is 5.69 Å². The molecule has 0 aliphatic carbocycles. The van der Waals surface area contributed by atoms with Crippen molar-refractivity contribution in [2.24, 2.45) is 5.10 Å². The molecule has 0 heterocycles. The molecule has 0 saturated carbocycles. The molecule has 32 heavy (non-hydrogen) atoms. The summed E-state index contributed by atoms with van der Waals surface area (Å²) < 4.78 is 32.7. The van der Waals surface area contributed by atoms with Crippen molar-refractivity contribution >= 4 is 51.0 Å². The number of hydrogen-bond donors (Lipinski definition) is 1. The average molecular weight is 492 g/mol. The van der Waals surface area contributed by atoms with Gasteiger partial charge < -0.3 is 4.74 Å². The van der Waals surface area contributed by atoms with Crippen LogP contribution in [-0.2, 0) is 14.8 Å². The van der Waals surface area contributed by atoms with E-state index in [2.05, 4.69) is 10.5 Å². The molecule has 0 saturated heterocycles. The molecule has 1 amide bonds. The fourth-order valence-corrected chi connectivity index (χ4v) is 4.51. The molecule has 3 aromatic rings. The van der Waals surface area contributed by atoms with Crippen LogP contribution in [0, 0.1) is 0 Å². The summed E-state index contributed by atoms with van der Waals surface area (Å²) in [4.78, 5) is 12.6. The minimum absolute atomic E-state index is 0.0244. The third-order valence-corrected chi connectivity index (χ3v) is 6.87. The van der Waals surface area contributed by atoms with Crippen LogP contribution < -0.4 is 14.5 Å². The summed E-state index contributed by atoms with van der Waals surface area (Å²) in [6.45, 7) is -0.529. The van der Waals surface area contributed by atoms with Gasteiger partial charge in [-0.25, -0.2) is 13.8 Å². The van der Waals surface area contributed by atoms with E-state index in [0.29, 0.717) is 11.3 Å². The van der Waals surface area contributed by atoms with Crippen molar-refractivity contribution < 1.29 is 17.9 Å². The quantitative estimate of drug-likeness (QED) is 0.374. The second kappa shape index (κ2) is 10.5. The van der Waals surface area contributed by atoms with Crippen LogP contribution in [0.3, 0.4) is 0 Å². The molecule has 0 aromatic heterocycles. The predicted molar refractivity (Wildman–Crippen MR) is 126 cm³/mol. The number of amides is 1. The minimum atomic E-state index is -4.07. The molecule has 0 radical (unpaired) electrons. The van der Waals surface area contributed by atoms with Gasteiger partial charge in [0.2, 0.25) is 0 Å². The van der Waals surface area contributed by atoms with Crippen molar-refractivity contribution in [2.75, 3.05) is 18.0 Å². The molecule has 7 nitrogen and oxygen atoms in total. The molecule has 1 N–H and O–H groups in total. The number of para-hydroxylation sites is 1. The molecule has 0 aliphatic rings. The lowest BCUT2D eigenvalue weighted by molar-refractivity contribution is -0.119. The Morgan fingerprint density at radius 2 is 1.72 bits per heavy atom. The number of anilines is 1. The van der Waals surface area contributed by atoms with Crippen LogP contribution in [0.25, 0.3) is 0 Å². The summed E-state index contributed by atoms with van der Waals surface area (Å²) >= 11 is 12.0. The lowest BCUT2D eigenvalue weighted by Crippen LogP contribution is -2.39. The van der Waals surface area contributed by atoms with Gasteiger partial charge in [-0.15, -0.1) is 0 Å². The van der Waals surface area contributed by atoms with Crippen molar-refractivity contribution in [3.8, 4) is 5.75 Å². The number of benzene rings is 3. The number of nitrogens with one attached hydrogen (secondary N) is 1. The number of hydrogen-bond acceptors (Lipinski definition) is 5. The van der Waals surface area contributed by atoms with Gasteiger partial charge >= 0.3 is 0 Å². The van der Waals surface area contributed by atoms with Crippen molar-refractivity contribution in [1.82, 2.24) is 5.43 Å². The molecule has 0 aliphatic heterocycles. The molecule has 0 bridgehead atoms. The Balaban J connectivity index is 1.86. The van der Waals surface area contributed by atoms with Gasteiger partial charge in [0.15, 0.2) is 0 Å². The lowest BCUT2D eigenvalue weighted by Gasteiger charge is -2.24. The number of hydrazone groups is 1. The van der Waals surface area contributed by atoms with Crippen molar-refractivity contribution in [3.05, 3.63) is 88.4 Å². The topological polar surface area (TPSA) is 88.1 Å². The smallest absolute Gasteiger partial charge is 0.264 e. The van der Waals surface area contributed by atoms with Crippen molar-refractivity contribution in [1.29, 1.82) is 0 Å². The first-order valence-electron chi connectivity index (χ1n) is 9.30. The summed E-state index contributed by atoms with van der Waals surface area (Å²) in [5.41, 5.74) is 3.18. The molecular weight excluding hydrogens is 473 g/mol. The SMILES string of the molecule is COc1ccccc1/C=N/NC(=O)CN(c1ccc(Cl)c(Cl)c1)S(=O)(=O)c1ccccc1. The van der Waals surface area contributed by atoms with Crippen molar-refractivity contribution in [3.63, 3.8) is 0 Å². The lowest BCUT2D eigenvalue weighted by atomic mass is 10.2. The second-order valence-corrected chi connectivity index (χ2v) is 9.13. The monoisotopic (exact) mass is 491 g/mol. The van der Waals surface area contributed by atoms with Gasteiger partial charge in [-0.2, -0.15) is 5.10 Å². The highest BCUT2D eigenvalue weighted by Crippen LogP contribution is 2.30. The second-order valence-electron chi connectivity index (χ2n) is 6.46. The molecule has 3 aromatic carbocycles. The van der Waals surface area contributed by atoms with Crippen LogP contribution in [0.1, 0.15) is 5.56 Å². The highest BCUT2D eigenvalue weighted by Gasteiger charge is 2.27. The van der Waals surface area contributed by atoms with E-state index in [1.54, 1.807) is 42.5 Å². The zero-order chi connectivity index (χ0) is 23.1. The first-order chi connectivity index (χ1) is 15.3. The van der Waals surface area contributed by atoms with Crippen LogP contribution in [0.15, 0.2) is 82.8 Å². The summed E-state index contributed by atoms with van der Waals surface area (Å²) in [6.07, 6.45) is 1.41. The van der Waals surface area contributed by atoms with E-state index >= 15 is 0 Å². The standard InChI is InChI=1S/C22H19Cl2N3O4S/c1-31-21-10-6-5-7-16(21)14-25-26-22(28)15-27(17-11-12-19(23)20(24)13-17)32(29,30)18-8-3-2-4-9-18/h2-14H,15H2,1H3,(H,26,28)/b25-14+. The highest BCUT2D eigenvalue weighted by molar-refractivity contribution is 7.92. The molecule has 0 unspecified atom stereocenters. The third-order valence-electron chi connectivity index (χ3n) is 4.34. The fourth-order valence-electron chi connectivity index (χ4n) is 2.79. The Labute approximate surface area is 196 Å². The maximum absolute atomic E-state index is 13.3. The Hall–Kier alpha value is -3.07. The van der Waals surface area contributed by atoms with E-state index in [-0.39, 0.29) is 20.6 Å². The number of ether oxygens (including phenoxy) is 1. The summed E-state index contributed by atoms with van der Waals surface area (Å²) in [7, 11) is -2.55. The van der Waals surface area contributed by atoms with Crippen molar-refractivity contribution in [2.45, 2.75) is 4.90 Å². The largest absolute Gasteiger partial charge is 0.496 e. The van der Waals surface area contributed by atoms with E-state index < -0.39 is 22.5 Å².